The molecule has 22 heavy (non-hydrogen) atoms. The van der Waals surface area contributed by atoms with Gasteiger partial charge in [-0.3, -0.25) is 4.79 Å². The monoisotopic (exact) mass is 302 g/mol. The van der Waals surface area contributed by atoms with Crippen molar-refractivity contribution in [3.05, 3.63) is 36.0 Å². The fourth-order valence-corrected chi connectivity index (χ4v) is 2.56. The van der Waals surface area contributed by atoms with Crippen LogP contribution in [-0.2, 0) is 20.7 Å². The van der Waals surface area contributed by atoms with Crippen LogP contribution in [0.5, 0.6) is 0 Å². The van der Waals surface area contributed by atoms with E-state index in [0.29, 0.717) is 6.42 Å². The summed E-state index contributed by atoms with van der Waals surface area (Å²) in [4.78, 5) is 27.1. The molecule has 0 saturated heterocycles. The number of carbonyl (C=O) groups is 2. The first kappa shape index (κ1) is 16.1. The van der Waals surface area contributed by atoms with E-state index in [1.807, 2.05) is 30.5 Å². The van der Waals surface area contributed by atoms with Crippen molar-refractivity contribution in [3.63, 3.8) is 0 Å². The van der Waals surface area contributed by atoms with Crippen molar-refractivity contribution in [1.29, 1.82) is 0 Å². The molecule has 0 aliphatic carbocycles. The summed E-state index contributed by atoms with van der Waals surface area (Å²) in [6, 6.07) is 7.86. The average Bonchev–Trinajstić information content (AvgIpc) is 2.80. The van der Waals surface area contributed by atoms with Gasteiger partial charge in [0.1, 0.15) is 5.54 Å². The molecule has 0 fully saturated rings. The van der Waals surface area contributed by atoms with E-state index in [4.69, 9.17) is 4.74 Å². The number of benzene rings is 1. The molecule has 2 rings (SSSR count). The van der Waals surface area contributed by atoms with Gasteiger partial charge in [-0.1, -0.05) is 18.2 Å². The van der Waals surface area contributed by atoms with Gasteiger partial charge in [0, 0.05) is 30.4 Å². The lowest BCUT2D eigenvalue weighted by Gasteiger charge is -2.29. The van der Waals surface area contributed by atoms with E-state index in [9.17, 15) is 9.59 Å². The Labute approximate surface area is 130 Å². The molecule has 2 aromatic rings. The first-order valence-electron chi connectivity index (χ1n) is 7.36. The van der Waals surface area contributed by atoms with Crippen molar-refractivity contribution in [1.82, 2.24) is 10.3 Å². The number of nitrogens with one attached hydrogen (secondary N) is 2. The Balaban J connectivity index is 2.33. The van der Waals surface area contributed by atoms with E-state index in [1.54, 1.807) is 20.8 Å². The first-order valence-corrected chi connectivity index (χ1v) is 7.36. The van der Waals surface area contributed by atoms with Gasteiger partial charge in [0.2, 0.25) is 5.91 Å². The SMILES string of the molecule is CC(=O)N[C@](C)(Cc1c[nH]c2ccccc12)C(=O)OC(C)C. The van der Waals surface area contributed by atoms with E-state index in [2.05, 4.69) is 10.3 Å². The molecule has 1 aromatic heterocycles. The second kappa shape index (κ2) is 6.22. The minimum Gasteiger partial charge on any atom is -0.461 e. The quantitative estimate of drug-likeness (QED) is 0.834. The number of ether oxygens (including phenoxy) is 1. The zero-order valence-electron chi connectivity index (χ0n) is 13.4. The second-order valence-corrected chi connectivity index (χ2v) is 6.00. The van der Waals surface area contributed by atoms with Gasteiger partial charge in [0.15, 0.2) is 0 Å². The molecule has 1 aromatic carbocycles. The number of H-pyrrole nitrogens is 1. The molecule has 2 N–H and O–H groups in total. The Morgan fingerprint density at radius 3 is 2.64 bits per heavy atom. The zero-order valence-corrected chi connectivity index (χ0v) is 13.4. The van der Waals surface area contributed by atoms with E-state index in [0.717, 1.165) is 16.5 Å². The molecule has 0 bridgehead atoms. The van der Waals surface area contributed by atoms with Crippen molar-refractivity contribution >= 4 is 22.8 Å². The molecule has 0 radical (unpaired) electrons. The van der Waals surface area contributed by atoms with Crippen LogP contribution in [0.2, 0.25) is 0 Å². The standard InChI is InChI=1S/C17H22N2O3/c1-11(2)22-16(21)17(4,19-12(3)20)9-13-10-18-15-8-6-5-7-14(13)15/h5-8,10-11,18H,9H2,1-4H3,(H,19,20)/t17-/m1/s1. The topological polar surface area (TPSA) is 71.2 Å². The van der Waals surface area contributed by atoms with Crippen molar-refractivity contribution < 1.29 is 14.3 Å². The highest BCUT2D eigenvalue weighted by molar-refractivity contribution is 5.89. The summed E-state index contributed by atoms with van der Waals surface area (Å²) in [5, 5.41) is 3.78. The zero-order chi connectivity index (χ0) is 16.3. The second-order valence-electron chi connectivity index (χ2n) is 6.00. The number of para-hydroxylation sites is 1. The van der Waals surface area contributed by atoms with Crippen LogP contribution >= 0.6 is 0 Å². The highest BCUT2D eigenvalue weighted by Gasteiger charge is 2.37. The largest absolute Gasteiger partial charge is 0.461 e. The van der Waals surface area contributed by atoms with Crippen LogP contribution in [-0.4, -0.2) is 28.5 Å². The van der Waals surface area contributed by atoms with Crippen LogP contribution < -0.4 is 5.32 Å². The van der Waals surface area contributed by atoms with Gasteiger partial charge in [0.25, 0.3) is 0 Å². The fraction of sp³-hybridized carbons (Fsp3) is 0.412. The maximum absolute atomic E-state index is 12.4. The molecule has 0 unspecified atom stereocenters. The third kappa shape index (κ3) is 3.47. The summed E-state index contributed by atoms with van der Waals surface area (Å²) in [5.74, 6) is -0.689. The number of amides is 1. The number of aromatic amines is 1. The van der Waals surface area contributed by atoms with Gasteiger partial charge in [-0.05, 0) is 32.4 Å². The van der Waals surface area contributed by atoms with Crippen molar-refractivity contribution in [2.75, 3.05) is 0 Å². The lowest BCUT2D eigenvalue weighted by Crippen LogP contribution is -2.54. The lowest BCUT2D eigenvalue weighted by molar-refractivity contribution is -0.156. The van der Waals surface area contributed by atoms with Crippen molar-refractivity contribution in [3.8, 4) is 0 Å². The summed E-state index contributed by atoms with van der Waals surface area (Å²) in [6.45, 7) is 6.67. The highest BCUT2D eigenvalue weighted by atomic mass is 16.5. The molecule has 0 spiro atoms. The van der Waals surface area contributed by atoms with E-state index in [-0.39, 0.29) is 12.0 Å². The predicted octanol–water partition coefficient (Wildman–Crippen LogP) is 2.56. The molecule has 0 aliphatic heterocycles. The van der Waals surface area contributed by atoms with Gasteiger partial charge < -0.3 is 15.0 Å². The third-order valence-corrected chi connectivity index (χ3v) is 3.46. The fourth-order valence-electron chi connectivity index (χ4n) is 2.56. The highest BCUT2D eigenvalue weighted by Crippen LogP contribution is 2.23. The summed E-state index contributed by atoms with van der Waals surface area (Å²) in [5.41, 5.74) is 0.869. The number of hydrogen-bond donors (Lipinski definition) is 2. The van der Waals surface area contributed by atoms with Crippen LogP contribution in [0.3, 0.4) is 0 Å². The molecular formula is C17H22N2O3. The van der Waals surface area contributed by atoms with Gasteiger partial charge in [-0.2, -0.15) is 0 Å². The van der Waals surface area contributed by atoms with Crippen LogP contribution in [0.1, 0.15) is 33.3 Å². The van der Waals surface area contributed by atoms with Gasteiger partial charge in [-0.15, -0.1) is 0 Å². The molecule has 1 atom stereocenters. The molecule has 118 valence electrons. The number of esters is 1. The molecule has 1 heterocycles. The summed E-state index contributed by atoms with van der Waals surface area (Å²) in [6.07, 6.45) is 2.00. The smallest absolute Gasteiger partial charge is 0.332 e. The molecular weight excluding hydrogens is 280 g/mol. The molecule has 0 aliphatic rings. The van der Waals surface area contributed by atoms with Gasteiger partial charge >= 0.3 is 5.97 Å². The van der Waals surface area contributed by atoms with Gasteiger partial charge in [0.05, 0.1) is 6.10 Å². The minimum atomic E-state index is -1.10. The number of rotatable bonds is 5. The van der Waals surface area contributed by atoms with E-state index >= 15 is 0 Å². The van der Waals surface area contributed by atoms with Crippen molar-refractivity contribution in [2.45, 2.75) is 45.8 Å². The molecule has 5 heteroatoms. The number of fused-ring (bicyclic) bond motifs is 1. The molecule has 5 nitrogen and oxygen atoms in total. The third-order valence-electron chi connectivity index (χ3n) is 3.46. The Hall–Kier alpha value is -2.30. The molecule has 0 saturated carbocycles. The maximum Gasteiger partial charge on any atom is 0.332 e. The Morgan fingerprint density at radius 2 is 2.00 bits per heavy atom. The average molecular weight is 302 g/mol. The minimum absolute atomic E-state index is 0.233. The summed E-state index contributed by atoms with van der Waals surface area (Å²) in [7, 11) is 0. The Bertz CT molecular complexity index is 690. The first-order chi connectivity index (χ1) is 10.3. The summed E-state index contributed by atoms with van der Waals surface area (Å²) >= 11 is 0. The normalized spacial score (nSPS) is 13.9. The number of aromatic nitrogens is 1. The maximum atomic E-state index is 12.4. The predicted molar refractivity (Wildman–Crippen MR) is 85.5 cm³/mol. The van der Waals surface area contributed by atoms with E-state index in [1.165, 1.54) is 6.92 Å². The van der Waals surface area contributed by atoms with Crippen LogP contribution in [0.25, 0.3) is 10.9 Å². The van der Waals surface area contributed by atoms with E-state index < -0.39 is 11.5 Å². The van der Waals surface area contributed by atoms with Crippen LogP contribution in [0.4, 0.5) is 0 Å². The van der Waals surface area contributed by atoms with Crippen molar-refractivity contribution in [2.24, 2.45) is 0 Å². The van der Waals surface area contributed by atoms with Gasteiger partial charge in [-0.25, -0.2) is 4.79 Å². The number of carbonyl (C=O) groups excluding carboxylic acids is 2. The van der Waals surface area contributed by atoms with Crippen LogP contribution in [0.15, 0.2) is 30.5 Å². The van der Waals surface area contributed by atoms with Crippen LogP contribution in [0, 0.1) is 0 Å². The lowest BCUT2D eigenvalue weighted by atomic mass is 9.92. The Morgan fingerprint density at radius 1 is 1.32 bits per heavy atom. The summed E-state index contributed by atoms with van der Waals surface area (Å²) < 4.78 is 5.31. The Kier molecular flexibility index (Phi) is 4.54. The molecule has 1 amide bonds. The number of hydrogen-bond acceptors (Lipinski definition) is 3.